The average molecular weight is 308 g/mol. The molecule has 0 aliphatic rings. The maximum atomic E-state index is 13.4. The molecule has 4 nitrogen and oxygen atoms in total. The zero-order chi connectivity index (χ0) is 15.4. The molecule has 0 aliphatic carbocycles. The van der Waals surface area contributed by atoms with Crippen LogP contribution in [-0.4, -0.2) is 17.4 Å². The van der Waals surface area contributed by atoms with E-state index < -0.39 is 5.82 Å². The van der Waals surface area contributed by atoms with Crippen molar-refractivity contribution in [1.29, 1.82) is 0 Å². The highest BCUT2D eigenvalue weighted by Gasteiger charge is 2.13. The molecule has 2 rings (SSSR count). The number of nitrogens with one attached hydrogen (secondary N) is 2. The van der Waals surface area contributed by atoms with Crippen LogP contribution in [0.5, 0.6) is 0 Å². The Kier molecular flexibility index (Phi) is 4.75. The van der Waals surface area contributed by atoms with Crippen LogP contribution in [0.1, 0.15) is 23.0 Å². The summed E-state index contributed by atoms with van der Waals surface area (Å²) in [7, 11) is 0. The first-order valence-corrected chi connectivity index (χ1v) is 6.86. The molecular weight excluding hydrogens is 293 g/mol. The predicted molar refractivity (Wildman–Crippen MR) is 82.5 cm³/mol. The lowest BCUT2D eigenvalue weighted by Crippen LogP contribution is -2.15. The van der Waals surface area contributed by atoms with E-state index in [-0.39, 0.29) is 10.9 Å². The van der Waals surface area contributed by atoms with Crippen LogP contribution in [0.4, 0.5) is 15.8 Å². The quantitative estimate of drug-likeness (QED) is 0.901. The van der Waals surface area contributed by atoms with Gasteiger partial charge in [0.2, 0.25) is 0 Å². The van der Waals surface area contributed by atoms with Crippen LogP contribution in [0.3, 0.4) is 0 Å². The van der Waals surface area contributed by atoms with Gasteiger partial charge in [-0.2, -0.15) is 0 Å². The van der Waals surface area contributed by atoms with Gasteiger partial charge < -0.3 is 10.6 Å². The summed E-state index contributed by atoms with van der Waals surface area (Å²) >= 11 is 5.61. The molecule has 21 heavy (non-hydrogen) atoms. The summed E-state index contributed by atoms with van der Waals surface area (Å²) in [5, 5.41) is 5.75. The monoisotopic (exact) mass is 307 g/mol. The average Bonchev–Trinajstić information content (AvgIpc) is 2.43. The van der Waals surface area contributed by atoms with E-state index in [9.17, 15) is 9.18 Å². The van der Waals surface area contributed by atoms with E-state index in [2.05, 4.69) is 15.6 Å². The van der Waals surface area contributed by atoms with Crippen molar-refractivity contribution in [3.63, 3.8) is 0 Å². The lowest BCUT2D eigenvalue weighted by atomic mass is 10.2. The third-order valence-electron chi connectivity index (χ3n) is 2.83. The molecule has 0 spiro atoms. The molecule has 6 heteroatoms. The van der Waals surface area contributed by atoms with Crippen molar-refractivity contribution in [2.45, 2.75) is 13.8 Å². The molecule has 110 valence electrons. The minimum absolute atomic E-state index is 0.0124. The van der Waals surface area contributed by atoms with Crippen molar-refractivity contribution in [3.05, 3.63) is 52.6 Å². The molecular formula is C15H15ClFN3O. The van der Waals surface area contributed by atoms with E-state index in [4.69, 9.17) is 11.6 Å². The second kappa shape index (κ2) is 6.54. The van der Waals surface area contributed by atoms with Gasteiger partial charge in [0.25, 0.3) is 5.91 Å². The lowest BCUT2D eigenvalue weighted by Gasteiger charge is -2.11. The summed E-state index contributed by atoms with van der Waals surface area (Å²) in [4.78, 5) is 16.4. The SMILES string of the molecule is CCNc1cc(C)ncc1C(=O)Nc1ccc(Cl)c(F)c1. The molecule has 0 fully saturated rings. The van der Waals surface area contributed by atoms with Crippen molar-refractivity contribution < 1.29 is 9.18 Å². The van der Waals surface area contributed by atoms with Gasteiger partial charge >= 0.3 is 0 Å². The number of carbonyl (C=O) groups is 1. The topological polar surface area (TPSA) is 54.0 Å². The van der Waals surface area contributed by atoms with E-state index in [0.29, 0.717) is 23.5 Å². The summed E-state index contributed by atoms with van der Waals surface area (Å²) in [5.41, 5.74) is 2.24. The van der Waals surface area contributed by atoms with Crippen LogP contribution >= 0.6 is 11.6 Å². The Bertz CT molecular complexity index is 676. The summed E-state index contributed by atoms with van der Waals surface area (Å²) < 4.78 is 13.4. The fourth-order valence-corrected chi connectivity index (χ4v) is 1.97. The van der Waals surface area contributed by atoms with Crippen molar-refractivity contribution in [2.75, 3.05) is 17.2 Å². The Morgan fingerprint density at radius 2 is 2.14 bits per heavy atom. The number of halogens is 2. The Hall–Kier alpha value is -2.14. The van der Waals surface area contributed by atoms with E-state index in [1.807, 2.05) is 13.8 Å². The second-order valence-electron chi connectivity index (χ2n) is 4.48. The molecule has 0 bridgehead atoms. The number of amides is 1. The number of aryl methyl sites for hydroxylation is 1. The van der Waals surface area contributed by atoms with Gasteiger partial charge in [0.05, 0.1) is 16.3 Å². The van der Waals surface area contributed by atoms with Crippen molar-refractivity contribution in [1.82, 2.24) is 4.98 Å². The lowest BCUT2D eigenvalue weighted by molar-refractivity contribution is 0.102. The standard InChI is InChI=1S/C15H15ClFN3O/c1-3-18-14-6-9(2)19-8-11(14)15(21)20-10-4-5-12(16)13(17)7-10/h4-8H,3H2,1-2H3,(H,18,19)(H,20,21). The summed E-state index contributed by atoms with van der Waals surface area (Å²) in [5.74, 6) is -0.941. The number of aromatic nitrogens is 1. The first kappa shape index (κ1) is 15.3. The first-order valence-electron chi connectivity index (χ1n) is 6.48. The van der Waals surface area contributed by atoms with Crippen LogP contribution in [0.25, 0.3) is 0 Å². The molecule has 0 saturated carbocycles. The van der Waals surface area contributed by atoms with Gasteiger partial charge in [-0.15, -0.1) is 0 Å². The van der Waals surface area contributed by atoms with Crippen LogP contribution in [0, 0.1) is 12.7 Å². The molecule has 0 saturated heterocycles. The second-order valence-corrected chi connectivity index (χ2v) is 4.89. The third kappa shape index (κ3) is 3.70. The van der Waals surface area contributed by atoms with Crippen LogP contribution in [-0.2, 0) is 0 Å². The minimum atomic E-state index is -0.580. The fourth-order valence-electron chi connectivity index (χ4n) is 1.85. The van der Waals surface area contributed by atoms with Gasteiger partial charge in [-0.25, -0.2) is 4.39 Å². The molecule has 1 amide bonds. The number of benzene rings is 1. The van der Waals surface area contributed by atoms with Crippen LogP contribution in [0.15, 0.2) is 30.5 Å². The third-order valence-corrected chi connectivity index (χ3v) is 3.14. The van der Waals surface area contributed by atoms with Crippen LogP contribution < -0.4 is 10.6 Å². The molecule has 0 atom stereocenters. The van der Waals surface area contributed by atoms with Gasteiger partial charge in [-0.1, -0.05) is 11.6 Å². The number of hydrogen-bond acceptors (Lipinski definition) is 3. The molecule has 0 radical (unpaired) electrons. The highest BCUT2D eigenvalue weighted by molar-refractivity contribution is 6.30. The number of anilines is 2. The molecule has 2 N–H and O–H groups in total. The van der Waals surface area contributed by atoms with E-state index in [0.717, 1.165) is 5.69 Å². The number of rotatable bonds is 4. The maximum absolute atomic E-state index is 13.4. The van der Waals surface area contributed by atoms with Crippen molar-refractivity contribution in [2.24, 2.45) is 0 Å². The zero-order valence-corrected chi connectivity index (χ0v) is 12.5. The highest BCUT2D eigenvalue weighted by Crippen LogP contribution is 2.21. The fraction of sp³-hybridized carbons (Fsp3) is 0.200. The Labute approximate surface area is 127 Å². The Morgan fingerprint density at radius 1 is 1.38 bits per heavy atom. The maximum Gasteiger partial charge on any atom is 0.259 e. The molecule has 0 aliphatic heterocycles. The summed E-state index contributed by atoms with van der Waals surface area (Å²) in [6.07, 6.45) is 1.49. The molecule has 1 aromatic carbocycles. The van der Waals surface area contributed by atoms with Gasteiger partial charge in [0.1, 0.15) is 5.82 Å². The van der Waals surface area contributed by atoms with E-state index in [1.165, 1.54) is 24.4 Å². The number of pyridine rings is 1. The number of hydrogen-bond donors (Lipinski definition) is 2. The Morgan fingerprint density at radius 3 is 2.81 bits per heavy atom. The van der Waals surface area contributed by atoms with Crippen molar-refractivity contribution in [3.8, 4) is 0 Å². The zero-order valence-electron chi connectivity index (χ0n) is 11.7. The van der Waals surface area contributed by atoms with E-state index >= 15 is 0 Å². The smallest absolute Gasteiger partial charge is 0.259 e. The Balaban J connectivity index is 2.25. The van der Waals surface area contributed by atoms with Crippen molar-refractivity contribution >= 4 is 28.9 Å². The minimum Gasteiger partial charge on any atom is -0.385 e. The highest BCUT2D eigenvalue weighted by atomic mass is 35.5. The normalized spacial score (nSPS) is 10.3. The van der Waals surface area contributed by atoms with Gasteiger partial charge in [0, 0.05) is 24.1 Å². The largest absolute Gasteiger partial charge is 0.385 e. The van der Waals surface area contributed by atoms with Gasteiger partial charge in [0.15, 0.2) is 0 Å². The molecule has 1 aromatic heterocycles. The summed E-state index contributed by atoms with van der Waals surface area (Å²) in [6, 6.07) is 5.90. The first-order chi connectivity index (χ1) is 10.0. The summed E-state index contributed by atoms with van der Waals surface area (Å²) in [6.45, 7) is 4.46. The van der Waals surface area contributed by atoms with E-state index in [1.54, 1.807) is 6.07 Å². The molecule has 0 unspecified atom stereocenters. The van der Waals surface area contributed by atoms with Crippen LogP contribution in [0.2, 0.25) is 5.02 Å². The predicted octanol–water partition coefficient (Wildman–Crippen LogP) is 3.87. The van der Waals surface area contributed by atoms with Gasteiger partial charge in [-0.3, -0.25) is 9.78 Å². The van der Waals surface area contributed by atoms with Gasteiger partial charge in [-0.05, 0) is 38.1 Å². The molecule has 1 heterocycles. The number of nitrogens with zero attached hydrogens (tertiary/aromatic N) is 1. The number of carbonyl (C=O) groups excluding carboxylic acids is 1. The molecule has 2 aromatic rings.